The second-order valence-corrected chi connectivity index (χ2v) is 4.28. The molecule has 0 radical (unpaired) electrons. The van der Waals surface area contributed by atoms with E-state index in [1.165, 1.54) is 17.0 Å². The van der Waals surface area contributed by atoms with Crippen LogP contribution in [0.1, 0.15) is 24.7 Å². The first kappa shape index (κ1) is 9.78. The van der Waals surface area contributed by atoms with Crippen LogP contribution in [-0.2, 0) is 17.9 Å². The van der Waals surface area contributed by atoms with E-state index < -0.39 is 0 Å². The van der Waals surface area contributed by atoms with E-state index in [2.05, 4.69) is 33.8 Å². The summed E-state index contributed by atoms with van der Waals surface area (Å²) in [4.78, 5) is 4.37. The SMILES string of the molecule is CC1=NCC=C(c2cc3n(n2)CCOC3)C1. The van der Waals surface area contributed by atoms with Gasteiger partial charge >= 0.3 is 0 Å². The molecule has 1 aromatic heterocycles. The smallest absolute Gasteiger partial charge is 0.0888 e. The van der Waals surface area contributed by atoms with Crippen molar-refractivity contribution in [1.29, 1.82) is 0 Å². The van der Waals surface area contributed by atoms with Crippen molar-refractivity contribution in [3.8, 4) is 0 Å². The summed E-state index contributed by atoms with van der Waals surface area (Å²) in [5.41, 5.74) is 4.77. The van der Waals surface area contributed by atoms with E-state index in [1.807, 2.05) is 0 Å². The lowest BCUT2D eigenvalue weighted by Crippen LogP contribution is -2.16. The van der Waals surface area contributed by atoms with Gasteiger partial charge in [-0.05, 0) is 18.6 Å². The number of aliphatic imine (C=N–C) groups is 1. The topological polar surface area (TPSA) is 39.4 Å². The van der Waals surface area contributed by atoms with E-state index in [1.54, 1.807) is 0 Å². The van der Waals surface area contributed by atoms with Gasteiger partial charge in [0.05, 0.1) is 37.7 Å². The van der Waals surface area contributed by atoms with Gasteiger partial charge in [0.1, 0.15) is 0 Å². The molecule has 0 saturated carbocycles. The highest BCUT2D eigenvalue weighted by atomic mass is 16.5. The minimum absolute atomic E-state index is 0.688. The third-order valence-corrected chi connectivity index (χ3v) is 3.03. The summed E-state index contributed by atoms with van der Waals surface area (Å²) < 4.78 is 7.47. The molecule has 3 rings (SSSR count). The molecule has 0 aliphatic carbocycles. The molecule has 0 N–H and O–H groups in total. The molecule has 0 bridgehead atoms. The van der Waals surface area contributed by atoms with Gasteiger partial charge in [0, 0.05) is 12.1 Å². The largest absolute Gasteiger partial charge is 0.373 e. The van der Waals surface area contributed by atoms with Crippen LogP contribution in [0.3, 0.4) is 0 Å². The Hall–Kier alpha value is -1.42. The molecule has 84 valence electrons. The molecular weight excluding hydrogens is 202 g/mol. The number of hydrogen-bond donors (Lipinski definition) is 0. The van der Waals surface area contributed by atoms with Gasteiger partial charge in [-0.25, -0.2) is 0 Å². The van der Waals surface area contributed by atoms with Gasteiger partial charge in [-0.2, -0.15) is 5.10 Å². The predicted molar refractivity (Wildman–Crippen MR) is 62.5 cm³/mol. The number of fused-ring (bicyclic) bond motifs is 1. The molecule has 0 unspecified atom stereocenters. The molecule has 0 aromatic carbocycles. The van der Waals surface area contributed by atoms with E-state index in [0.29, 0.717) is 6.61 Å². The summed E-state index contributed by atoms with van der Waals surface area (Å²) in [6.45, 7) is 5.20. The van der Waals surface area contributed by atoms with E-state index in [-0.39, 0.29) is 0 Å². The van der Waals surface area contributed by atoms with E-state index in [0.717, 1.165) is 31.8 Å². The van der Waals surface area contributed by atoms with E-state index in [9.17, 15) is 0 Å². The van der Waals surface area contributed by atoms with Gasteiger partial charge in [0.25, 0.3) is 0 Å². The minimum Gasteiger partial charge on any atom is -0.373 e. The Labute approximate surface area is 94.6 Å². The third kappa shape index (κ3) is 1.69. The first-order valence-electron chi connectivity index (χ1n) is 5.67. The summed E-state index contributed by atoms with van der Waals surface area (Å²) in [6, 6.07) is 2.14. The molecule has 2 aliphatic heterocycles. The highest BCUT2D eigenvalue weighted by Gasteiger charge is 2.16. The molecule has 1 aromatic rings. The van der Waals surface area contributed by atoms with Crippen molar-refractivity contribution in [2.45, 2.75) is 26.5 Å². The fourth-order valence-corrected chi connectivity index (χ4v) is 2.16. The number of allylic oxidation sites excluding steroid dienone is 1. The quantitative estimate of drug-likeness (QED) is 0.717. The van der Waals surface area contributed by atoms with Gasteiger partial charge in [-0.15, -0.1) is 0 Å². The van der Waals surface area contributed by atoms with Crippen molar-refractivity contribution < 1.29 is 4.74 Å². The highest BCUT2D eigenvalue weighted by Crippen LogP contribution is 2.22. The van der Waals surface area contributed by atoms with Gasteiger partial charge in [0.2, 0.25) is 0 Å². The zero-order valence-electron chi connectivity index (χ0n) is 9.44. The Morgan fingerprint density at radius 1 is 1.44 bits per heavy atom. The lowest BCUT2D eigenvalue weighted by atomic mass is 10.0. The lowest BCUT2D eigenvalue weighted by Gasteiger charge is -2.13. The number of dihydropyridines is 1. The fraction of sp³-hybridized carbons (Fsp3) is 0.500. The highest BCUT2D eigenvalue weighted by molar-refractivity contribution is 5.93. The van der Waals surface area contributed by atoms with Crippen molar-refractivity contribution in [3.05, 3.63) is 23.5 Å². The van der Waals surface area contributed by atoms with Crippen molar-refractivity contribution in [3.63, 3.8) is 0 Å². The van der Waals surface area contributed by atoms with Gasteiger partial charge in [-0.3, -0.25) is 9.67 Å². The van der Waals surface area contributed by atoms with E-state index in [4.69, 9.17) is 4.74 Å². The van der Waals surface area contributed by atoms with Crippen LogP contribution >= 0.6 is 0 Å². The fourth-order valence-electron chi connectivity index (χ4n) is 2.16. The minimum atomic E-state index is 0.688. The summed E-state index contributed by atoms with van der Waals surface area (Å²) >= 11 is 0. The molecule has 0 saturated heterocycles. The Bertz CT molecular complexity index is 447. The predicted octanol–water partition coefficient (Wildman–Crippen LogP) is 1.66. The maximum absolute atomic E-state index is 5.41. The van der Waals surface area contributed by atoms with Crippen LogP contribution in [0.25, 0.3) is 5.57 Å². The van der Waals surface area contributed by atoms with Crippen LogP contribution < -0.4 is 0 Å². The zero-order chi connectivity index (χ0) is 11.0. The van der Waals surface area contributed by atoms with Crippen LogP contribution in [0, 0.1) is 0 Å². The third-order valence-electron chi connectivity index (χ3n) is 3.03. The first-order chi connectivity index (χ1) is 7.83. The number of nitrogens with zero attached hydrogens (tertiary/aromatic N) is 3. The second kappa shape index (κ2) is 3.87. The number of ether oxygens (including phenoxy) is 1. The van der Waals surface area contributed by atoms with Crippen LogP contribution in [0.2, 0.25) is 0 Å². The van der Waals surface area contributed by atoms with Crippen LogP contribution in [0.15, 0.2) is 17.1 Å². The average Bonchev–Trinajstić information content (AvgIpc) is 2.72. The molecule has 4 heteroatoms. The Morgan fingerprint density at radius 3 is 3.19 bits per heavy atom. The van der Waals surface area contributed by atoms with Crippen LogP contribution in [-0.4, -0.2) is 28.6 Å². The van der Waals surface area contributed by atoms with Crippen LogP contribution in [0.4, 0.5) is 0 Å². The normalized spacial score (nSPS) is 20.1. The number of aromatic nitrogens is 2. The second-order valence-electron chi connectivity index (χ2n) is 4.28. The zero-order valence-corrected chi connectivity index (χ0v) is 9.44. The summed E-state index contributed by atoms with van der Waals surface area (Å²) in [5.74, 6) is 0. The first-order valence-corrected chi connectivity index (χ1v) is 5.67. The van der Waals surface area contributed by atoms with Gasteiger partial charge in [0.15, 0.2) is 0 Å². The number of rotatable bonds is 1. The van der Waals surface area contributed by atoms with Crippen molar-refractivity contribution in [1.82, 2.24) is 9.78 Å². The Morgan fingerprint density at radius 2 is 2.38 bits per heavy atom. The Balaban J connectivity index is 1.90. The molecule has 0 atom stereocenters. The molecule has 3 heterocycles. The number of hydrogen-bond acceptors (Lipinski definition) is 3. The monoisotopic (exact) mass is 217 g/mol. The molecular formula is C12H15N3O. The van der Waals surface area contributed by atoms with Crippen molar-refractivity contribution >= 4 is 11.3 Å². The summed E-state index contributed by atoms with van der Waals surface area (Å²) in [5, 5.41) is 4.62. The molecule has 2 aliphatic rings. The lowest BCUT2D eigenvalue weighted by molar-refractivity contribution is 0.0800. The average molecular weight is 217 g/mol. The van der Waals surface area contributed by atoms with Gasteiger partial charge < -0.3 is 4.74 Å². The Kier molecular flexibility index (Phi) is 2.36. The van der Waals surface area contributed by atoms with Crippen molar-refractivity contribution in [2.24, 2.45) is 4.99 Å². The van der Waals surface area contributed by atoms with Gasteiger partial charge in [-0.1, -0.05) is 6.08 Å². The van der Waals surface area contributed by atoms with Crippen molar-refractivity contribution in [2.75, 3.05) is 13.2 Å². The van der Waals surface area contributed by atoms with E-state index >= 15 is 0 Å². The maximum Gasteiger partial charge on any atom is 0.0888 e. The standard InChI is InChI=1S/C12H15N3O/c1-9-6-10(2-3-13-9)12-7-11-8-16-5-4-15(11)14-12/h2,7H,3-6,8H2,1H3. The van der Waals surface area contributed by atoms with Crippen LogP contribution in [0.5, 0.6) is 0 Å². The summed E-state index contributed by atoms with van der Waals surface area (Å²) in [6.07, 6.45) is 3.10. The maximum atomic E-state index is 5.41. The molecule has 0 fully saturated rings. The molecule has 4 nitrogen and oxygen atoms in total. The molecule has 0 amide bonds. The molecule has 16 heavy (non-hydrogen) atoms. The molecule has 0 spiro atoms. The summed E-state index contributed by atoms with van der Waals surface area (Å²) in [7, 11) is 0.